The Morgan fingerprint density at radius 1 is 1.21 bits per heavy atom. The van der Waals surface area contributed by atoms with Crippen LogP contribution in [0.2, 0.25) is 0 Å². The maximum absolute atomic E-state index is 12.3. The first-order chi connectivity index (χ1) is 13.8. The molecule has 0 bridgehead atoms. The van der Waals surface area contributed by atoms with Gasteiger partial charge in [-0.1, -0.05) is 20.8 Å². The van der Waals surface area contributed by atoms with E-state index >= 15 is 0 Å². The number of hydrogen-bond acceptors (Lipinski definition) is 5. The number of pyridine rings is 1. The standard InChI is InChI=1S/C23H29N5O/c1-23(2,3)20-7-8-21(29)28(26-20)15-16-9-11-27(12-10-16)22-18(14-24)13-17-5-4-6-19(17)25-22/h7-8,13,16H,4-6,9-12,15H2,1-3H3. The molecule has 0 N–H and O–H groups in total. The molecule has 152 valence electrons. The summed E-state index contributed by atoms with van der Waals surface area (Å²) in [6.45, 7) is 8.70. The molecule has 29 heavy (non-hydrogen) atoms. The molecule has 0 amide bonds. The van der Waals surface area contributed by atoms with E-state index in [1.165, 1.54) is 5.56 Å². The molecule has 0 saturated carbocycles. The first kappa shape index (κ1) is 19.6. The lowest BCUT2D eigenvalue weighted by atomic mass is 9.92. The number of fused-ring (bicyclic) bond motifs is 1. The Bertz CT molecular complexity index is 1000. The molecule has 1 aliphatic carbocycles. The van der Waals surface area contributed by atoms with Crippen LogP contribution in [0.1, 0.15) is 62.5 Å². The maximum atomic E-state index is 12.3. The van der Waals surface area contributed by atoms with Gasteiger partial charge in [-0.15, -0.1) is 0 Å². The van der Waals surface area contributed by atoms with Crippen LogP contribution in [0.15, 0.2) is 23.0 Å². The van der Waals surface area contributed by atoms with Crippen molar-refractivity contribution >= 4 is 5.82 Å². The molecule has 4 rings (SSSR count). The number of rotatable bonds is 3. The molecular weight excluding hydrogens is 362 g/mol. The van der Waals surface area contributed by atoms with Gasteiger partial charge in [0.2, 0.25) is 0 Å². The van der Waals surface area contributed by atoms with Gasteiger partial charge >= 0.3 is 0 Å². The van der Waals surface area contributed by atoms with Crippen molar-refractivity contribution in [3.63, 3.8) is 0 Å². The van der Waals surface area contributed by atoms with Crippen molar-refractivity contribution in [2.45, 2.75) is 64.8 Å². The van der Waals surface area contributed by atoms with Crippen molar-refractivity contribution in [2.75, 3.05) is 18.0 Å². The summed E-state index contributed by atoms with van der Waals surface area (Å²) >= 11 is 0. The fraction of sp³-hybridized carbons (Fsp3) is 0.565. The number of nitriles is 1. The minimum atomic E-state index is -0.0776. The summed E-state index contributed by atoms with van der Waals surface area (Å²) < 4.78 is 1.63. The third kappa shape index (κ3) is 4.05. The second-order valence-corrected chi connectivity index (χ2v) is 9.35. The lowest BCUT2D eigenvalue weighted by Crippen LogP contribution is -2.38. The molecule has 2 aliphatic rings. The monoisotopic (exact) mass is 391 g/mol. The van der Waals surface area contributed by atoms with Crippen LogP contribution in [0, 0.1) is 17.2 Å². The number of hydrogen-bond donors (Lipinski definition) is 0. The van der Waals surface area contributed by atoms with Gasteiger partial charge in [0.05, 0.1) is 11.3 Å². The Hall–Kier alpha value is -2.68. The number of piperidine rings is 1. The Morgan fingerprint density at radius 2 is 1.97 bits per heavy atom. The van der Waals surface area contributed by atoms with E-state index in [0.717, 1.165) is 62.4 Å². The summed E-state index contributed by atoms with van der Waals surface area (Å²) in [4.78, 5) is 19.4. The second-order valence-electron chi connectivity index (χ2n) is 9.35. The van der Waals surface area contributed by atoms with Crippen molar-refractivity contribution in [1.82, 2.24) is 14.8 Å². The topological polar surface area (TPSA) is 74.8 Å². The fourth-order valence-electron chi connectivity index (χ4n) is 4.34. The molecule has 3 heterocycles. The zero-order valence-corrected chi connectivity index (χ0v) is 17.6. The summed E-state index contributed by atoms with van der Waals surface area (Å²) in [5.41, 5.74) is 3.93. The van der Waals surface area contributed by atoms with Gasteiger partial charge in [-0.25, -0.2) is 9.67 Å². The molecule has 1 aliphatic heterocycles. The summed E-state index contributed by atoms with van der Waals surface area (Å²) in [5.74, 6) is 1.25. The van der Waals surface area contributed by atoms with Gasteiger partial charge < -0.3 is 4.90 Å². The molecule has 0 atom stereocenters. The highest BCUT2D eigenvalue weighted by Gasteiger charge is 2.25. The predicted molar refractivity (Wildman–Crippen MR) is 113 cm³/mol. The minimum Gasteiger partial charge on any atom is -0.355 e. The van der Waals surface area contributed by atoms with E-state index in [1.54, 1.807) is 10.7 Å². The predicted octanol–water partition coefficient (Wildman–Crippen LogP) is 3.21. The Morgan fingerprint density at radius 3 is 2.66 bits per heavy atom. The van der Waals surface area contributed by atoms with Crippen LogP contribution in [-0.2, 0) is 24.8 Å². The molecule has 1 fully saturated rings. The molecule has 0 spiro atoms. The number of aryl methyl sites for hydroxylation is 2. The average Bonchev–Trinajstić information content (AvgIpc) is 3.16. The van der Waals surface area contributed by atoms with Crippen molar-refractivity contribution < 1.29 is 0 Å². The lowest BCUT2D eigenvalue weighted by Gasteiger charge is -2.33. The van der Waals surface area contributed by atoms with Gasteiger partial charge in [0.15, 0.2) is 0 Å². The molecule has 6 heteroatoms. The normalized spacial score (nSPS) is 17.2. The van der Waals surface area contributed by atoms with Gasteiger partial charge in [0, 0.05) is 36.8 Å². The summed E-state index contributed by atoms with van der Waals surface area (Å²) in [6, 6.07) is 7.85. The number of nitrogens with zero attached hydrogens (tertiary/aromatic N) is 5. The highest BCUT2D eigenvalue weighted by molar-refractivity contribution is 5.57. The van der Waals surface area contributed by atoms with Crippen LogP contribution < -0.4 is 10.5 Å². The zero-order valence-electron chi connectivity index (χ0n) is 17.6. The molecule has 0 aromatic carbocycles. The van der Waals surface area contributed by atoms with E-state index in [0.29, 0.717) is 18.0 Å². The first-order valence-electron chi connectivity index (χ1n) is 10.6. The summed E-state index contributed by atoms with van der Waals surface area (Å²) in [6.07, 6.45) is 5.13. The number of aromatic nitrogens is 3. The van der Waals surface area contributed by atoms with Crippen LogP contribution in [-0.4, -0.2) is 27.9 Å². The summed E-state index contributed by atoms with van der Waals surface area (Å²) in [5, 5.41) is 14.2. The van der Waals surface area contributed by atoms with E-state index in [-0.39, 0.29) is 11.0 Å². The van der Waals surface area contributed by atoms with Gasteiger partial charge in [0.1, 0.15) is 11.9 Å². The highest BCUT2D eigenvalue weighted by atomic mass is 16.1. The molecular formula is C23H29N5O. The van der Waals surface area contributed by atoms with Gasteiger partial charge in [-0.2, -0.15) is 10.4 Å². The first-order valence-corrected chi connectivity index (χ1v) is 10.6. The minimum absolute atomic E-state index is 0.0347. The van der Waals surface area contributed by atoms with E-state index in [9.17, 15) is 10.1 Å². The smallest absolute Gasteiger partial charge is 0.266 e. The van der Waals surface area contributed by atoms with E-state index < -0.39 is 0 Å². The maximum Gasteiger partial charge on any atom is 0.266 e. The Kier molecular flexibility index (Phi) is 5.16. The zero-order chi connectivity index (χ0) is 20.6. The van der Waals surface area contributed by atoms with Gasteiger partial charge in [0.25, 0.3) is 5.56 Å². The van der Waals surface area contributed by atoms with E-state index in [4.69, 9.17) is 4.98 Å². The van der Waals surface area contributed by atoms with Crippen molar-refractivity contribution in [3.05, 3.63) is 51.1 Å². The SMILES string of the molecule is CC(C)(C)c1ccc(=O)n(CC2CCN(c3nc4c(cc3C#N)CCC4)CC2)n1. The third-order valence-corrected chi connectivity index (χ3v) is 6.13. The van der Waals surface area contributed by atoms with Crippen LogP contribution in [0.3, 0.4) is 0 Å². The van der Waals surface area contributed by atoms with Gasteiger partial charge in [-0.05, 0) is 55.7 Å². The van der Waals surface area contributed by atoms with Crippen LogP contribution in [0.25, 0.3) is 0 Å². The molecule has 0 radical (unpaired) electrons. The second kappa shape index (κ2) is 7.62. The quantitative estimate of drug-likeness (QED) is 0.803. The Balaban J connectivity index is 1.46. The largest absolute Gasteiger partial charge is 0.355 e. The highest BCUT2D eigenvalue weighted by Crippen LogP contribution is 2.30. The van der Waals surface area contributed by atoms with Crippen LogP contribution >= 0.6 is 0 Å². The lowest BCUT2D eigenvalue weighted by molar-refractivity contribution is 0.329. The van der Waals surface area contributed by atoms with Crippen molar-refractivity contribution in [3.8, 4) is 6.07 Å². The van der Waals surface area contributed by atoms with Gasteiger partial charge in [-0.3, -0.25) is 4.79 Å². The van der Waals surface area contributed by atoms with Crippen LogP contribution in [0.4, 0.5) is 5.82 Å². The average molecular weight is 392 g/mol. The van der Waals surface area contributed by atoms with Crippen molar-refractivity contribution in [2.24, 2.45) is 5.92 Å². The fourth-order valence-corrected chi connectivity index (χ4v) is 4.34. The van der Waals surface area contributed by atoms with E-state index in [2.05, 4.69) is 36.8 Å². The molecule has 0 unspecified atom stereocenters. The third-order valence-electron chi connectivity index (χ3n) is 6.13. The molecule has 1 saturated heterocycles. The molecule has 2 aromatic heterocycles. The molecule has 6 nitrogen and oxygen atoms in total. The van der Waals surface area contributed by atoms with Crippen molar-refractivity contribution in [1.29, 1.82) is 5.26 Å². The molecule has 2 aromatic rings. The van der Waals surface area contributed by atoms with Crippen LogP contribution in [0.5, 0.6) is 0 Å². The number of anilines is 1. The summed E-state index contributed by atoms with van der Waals surface area (Å²) in [7, 11) is 0. The Labute approximate surface area is 172 Å². The van der Waals surface area contributed by atoms with E-state index in [1.807, 2.05) is 12.1 Å².